The van der Waals surface area contributed by atoms with Crippen molar-refractivity contribution in [2.45, 2.75) is 40.0 Å². The van der Waals surface area contributed by atoms with Crippen LogP contribution in [0.15, 0.2) is 42.5 Å². The molecule has 38 heavy (non-hydrogen) atoms. The number of benzene rings is 2. The second kappa shape index (κ2) is 13.2. The van der Waals surface area contributed by atoms with Crippen LogP contribution in [0.4, 0.5) is 5.13 Å². The predicted molar refractivity (Wildman–Crippen MR) is 149 cm³/mol. The van der Waals surface area contributed by atoms with E-state index in [2.05, 4.69) is 15.5 Å². The van der Waals surface area contributed by atoms with E-state index in [-0.39, 0.29) is 23.7 Å². The van der Waals surface area contributed by atoms with Gasteiger partial charge in [0.05, 0.1) is 21.3 Å². The maximum Gasteiger partial charge on any atom is 0.227 e. The van der Waals surface area contributed by atoms with Gasteiger partial charge in [-0.1, -0.05) is 50.3 Å². The van der Waals surface area contributed by atoms with E-state index in [1.807, 2.05) is 63.2 Å². The third kappa shape index (κ3) is 8.44. The molecule has 1 aromatic heterocycles. The topological polar surface area (TPSA) is 103 Å². The highest BCUT2D eigenvalue weighted by Crippen LogP contribution is 2.29. The average molecular weight is 541 g/mol. The van der Waals surface area contributed by atoms with Crippen LogP contribution in [0.5, 0.6) is 17.2 Å². The second-order valence-electron chi connectivity index (χ2n) is 10.0. The van der Waals surface area contributed by atoms with Crippen LogP contribution in [-0.4, -0.2) is 61.3 Å². The molecule has 10 heteroatoms. The molecule has 0 bridgehead atoms. The van der Waals surface area contributed by atoms with Gasteiger partial charge in [0.15, 0.2) is 11.5 Å². The molecule has 0 radical (unpaired) electrons. The minimum absolute atomic E-state index is 0.0157. The highest BCUT2D eigenvalue weighted by molar-refractivity contribution is 7.18. The summed E-state index contributed by atoms with van der Waals surface area (Å²) in [6.07, 6.45) is 1.16. The Morgan fingerprint density at radius 3 is 2.39 bits per heavy atom. The lowest BCUT2D eigenvalue weighted by atomic mass is 9.91. The van der Waals surface area contributed by atoms with Gasteiger partial charge in [-0.15, -0.1) is 10.2 Å². The first kappa shape index (κ1) is 28.9. The summed E-state index contributed by atoms with van der Waals surface area (Å²) in [5, 5.41) is 12.2. The molecule has 0 aliphatic rings. The summed E-state index contributed by atoms with van der Waals surface area (Å²) in [6.45, 7) is 6.87. The largest absolute Gasteiger partial charge is 0.497 e. The molecule has 0 saturated heterocycles. The Morgan fingerprint density at radius 2 is 1.71 bits per heavy atom. The SMILES string of the molecule is COc1cccc(-c2nnc(NC(=O)CCN(CCc3ccc(OC)c(OC)c3)C(=O)CC(C)(C)C)s2)c1. The van der Waals surface area contributed by atoms with Crippen LogP contribution in [0, 0.1) is 5.41 Å². The summed E-state index contributed by atoms with van der Waals surface area (Å²) in [6, 6.07) is 13.2. The number of rotatable bonds is 12. The summed E-state index contributed by atoms with van der Waals surface area (Å²) in [7, 11) is 4.79. The van der Waals surface area contributed by atoms with Crippen LogP contribution in [0.2, 0.25) is 0 Å². The number of ether oxygens (including phenoxy) is 3. The fourth-order valence-corrected chi connectivity index (χ4v) is 4.55. The molecule has 1 N–H and O–H groups in total. The fourth-order valence-electron chi connectivity index (χ4n) is 3.79. The maximum atomic E-state index is 13.1. The number of methoxy groups -OCH3 is 3. The van der Waals surface area contributed by atoms with Crippen LogP contribution in [0.3, 0.4) is 0 Å². The normalized spacial score (nSPS) is 11.1. The molecule has 1 heterocycles. The van der Waals surface area contributed by atoms with Crippen molar-refractivity contribution in [2.24, 2.45) is 5.41 Å². The Bertz CT molecular complexity index is 1240. The summed E-state index contributed by atoms with van der Waals surface area (Å²) < 4.78 is 16.0. The van der Waals surface area contributed by atoms with E-state index in [9.17, 15) is 9.59 Å². The van der Waals surface area contributed by atoms with Gasteiger partial charge in [0.25, 0.3) is 0 Å². The molecular weight excluding hydrogens is 504 g/mol. The van der Waals surface area contributed by atoms with Crippen molar-refractivity contribution in [3.63, 3.8) is 0 Å². The molecule has 0 aliphatic heterocycles. The van der Waals surface area contributed by atoms with E-state index >= 15 is 0 Å². The summed E-state index contributed by atoms with van der Waals surface area (Å²) in [5.41, 5.74) is 1.71. The van der Waals surface area contributed by atoms with Crippen LogP contribution < -0.4 is 19.5 Å². The number of anilines is 1. The molecule has 2 aromatic carbocycles. The van der Waals surface area contributed by atoms with Crippen molar-refractivity contribution in [3.8, 4) is 27.8 Å². The highest BCUT2D eigenvalue weighted by Gasteiger charge is 2.22. The van der Waals surface area contributed by atoms with Gasteiger partial charge in [0, 0.05) is 31.5 Å². The van der Waals surface area contributed by atoms with Crippen molar-refractivity contribution >= 4 is 28.3 Å². The van der Waals surface area contributed by atoms with Gasteiger partial charge >= 0.3 is 0 Å². The Hall–Kier alpha value is -3.66. The van der Waals surface area contributed by atoms with Crippen molar-refractivity contribution in [2.75, 3.05) is 39.7 Å². The number of hydrogen-bond acceptors (Lipinski definition) is 8. The smallest absolute Gasteiger partial charge is 0.227 e. The van der Waals surface area contributed by atoms with Gasteiger partial charge in [0.1, 0.15) is 10.8 Å². The molecule has 9 nitrogen and oxygen atoms in total. The van der Waals surface area contributed by atoms with E-state index in [0.29, 0.717) is 47.6 Å². The van der Waals surface area contributed by atoms with Crippen molar-refractivity contribution in [1.29, 1.82) is 0 Å². The predicted octanol–water partition coefficient (Wildman–Crippen LogP) is 5.07. The highest BCUT2D eigenvalue weighted by atomic mass is 32.1. The number of hydrogen-bond donors (Lipinski definition) is 1. The maximum absolute atomic E-state index is 13.1. The van der Waals surface area contributed by atoms with Crippen molar-refractivity contribution in [1.82, 2.24) is 15.1 Å². The number of carbonyl (C=O) groups is 2. The summed E-state index contributed by atoms with van der Waals surface area (Å²) in [5.74, 6) is 1.80. The minimum atomic E-state index is -0.224. The summed E-state index contributed by atoms with van der Waals surface area (Å²) >= 11 is 1.28. The quantitative estimate of drug-likeness (QED) is 0.342. The third-order valence-corrected chi connectivity index (χ3v) is 6.64. The van der Waals surface area contributed by atoms with Gasteiger partial charge in [-0.2, -0.15) is 0 Å². The van der Waals surface area contributed by atoms with E-state index in [0.717, 1.165) is 16.9 Å². The van der Waals surface area contributed by atoms with Crippen LogP contribution in [0.1, 0.15) is 39.2 Å². The number of amides is 2. The zero-order chi connectivity index (χ0) is 27.7. The third-order valence-electron chi connectivity index (χ3n) is 5.75. The molecule has 204 valence electrons. The lowest BCUT2D eigenvalue weighted by molar-refractivity contribution is -0.133. The molecule has 3 aromatic rings. The Kier molecular flexibility index (Phi) is 10.1. The molecule has 3 rings (SSSR count). The second-order valence-corrected chi connectivity index (χ2v) is 11.0. The monoisotopic (exact) mass is 540 g/mol. The molecule has 0 unspecified atom stereocenters. The summed E-state index contributed by atoms with van der Waals surface area (Å²) in [4.78, 5) is 27.6. The zero-order valence-electron chi connectivity index (χ0n) is 22.9. The average Bonchev–Trinajstić information content (AvgIpc) is 3.35. The van der Waals surface area contributed by atoms with Gasteiger partial charge < -0.3 is 24.4 Å². The molecule has 0 spiro atoms. The molecule has 2 amide bonds. The van der Waals surface area contributed by atoms with Crippen LogP contribution >= 0.6 is 11.3 Å². The number of nitrogens with zero attached hydrogens (tertiary/aromatic N) is 3. The molecular formula is C28H36N4O5S. The standard InChI is InChI=1S/C28H36N4O5S/c1-28(2,3)18-25(34)32(14-12-19-10-11-22(36-5)23(16-19)37-6)15-13-24(33)29-27-31-30-26(38-27)20-8-7-9-21(17-20)35-4/h7-11,16-17H,12-15,18H2,1-6H3,(H,29,31,33). The first-order chi connectivity index (χ1) is 18.1. The number of aromatic nitrogens is 2. The van der Waals surface area contributed by atoms with Gasteiger partial charge in [-0.05, 0) is 41.7 Å². The van der Waals surface area contributed by atoms with Crippen molar-refractivity contribution < 1.29 is 23.8 Å². The number of nitrogens with one attached hydrogen (secondary N) is 1. The van der Waals surface area contributed by atoms with Gasteiger partial charge in [-0.3, -0.25) is 9.59 Å². The molecule has 0 saturated carbocycles. The van der Waals surface area contributed by atoms with E-state index in [4.69, 9.17) is 14.2 Å². The van der Waals surface area contributed by atoms with Gasteiger partial charge in [-0.25, -0.2) is 0 Å². The fraction of sp³-hybridized carbons (Fsp3) is 0.429. The van der Waals surface area contributed by atoms with E-state index < -0.39 is 0 Å². The Labute approximate surface area is 228 Å². The van der Waals surface area contributed by atoms with Crippen molar-refractivity contribution in [3.05, 3.63) is 48.0 Å². The molecule has 0 fully saturated rings. The first-order valence-electron chi connectivity index (χ1n) is 12.4. The first-order valence-corrected chi connectivity index (χ1v) is 13.2. The van der Waals surface area contributed by atoms with E-state index in [1.54, 1.807) is 26.2 Å². The van der Waals surface area contributed by atoms with E-state index in [1.165, 1.54) is 11.3 Å². The molecule has 0 atom stereocenters. The van der Waals surface area contributed by atoms with Crippen LogP contribution in [-0.2, 0) is 16.0 Å². The van der Waals surface area contributed by atoms with Crippen LogP contribution in [0.25, 0.3) is 10.6 Å². The Balaban J connectivity index is 1.62. The Morgan fingerprint density at radius 1 is 0.947 bits per heavy atom. The molecule has 0 aliphatic carbocycles. The number of carbonyl (C=O) groups excluding carboxylic acids is 2. The lowest BCUT2D eigenvalue weighted by Crippen LogP contribution is -2.37. The lowest BCUT2D eigenvalue weighted by Gasteiger charge is -2.27. The zero-order valence-corrected chi connectivity index (χ0v) is 23.7. The minimum Gasteiger partial charge on any atom is -0.497 e. The van der Waals surface area contributed by atoms with Gasteiger partial charge in [0.2, 0.25) is 16.9 Å².